The van der Waals surface area contributed by atoms with Crippen LogP contribution in [0.4, 0.5) is 5.95 Å². The van der Waals surface area contributed by atoms with Gasteiger partial charge >= 0.3 is 0 Å². The first kappa shape index (κ1) is 18.5. The highest BCUT2D eigenvalue weighted by Gasteiger charge is 2.40. The third kappa shape index (κ3) is 3.00. The Kier molecular flexibility index (Phi) is 4.26. The predicted molar refractivity (Wildman–Crippen MR) is 121 cm³/mol. The highest BCUT2D eigenvalue weighted by atomic mass is 35.5. The molecule has 31 heavy (non-hydrogen) atoms. The molecule has 3 heterocycles. The van der Waals surface area contributed by atoms with Crippen molar-refractivity contribution in [2.75, 3.05) is 5.32 Å². The monoisotopic (exact) mass is 446 g/mol. The summed E-state index contributed by atoms with van der Waals surface area (Å²) in [6.45, 7) is 0. The lowest BCUT2D eigenvalue weighted by atomic mass is 9.84. The summed E-state index contributed by atoms with van der Waals surface area (Å²) in [6.07, 6.45) is 1.23. The lowest BCUT2D eigenvalue weighted by molar-refractivity contribution is 0.223. The Balaban J connectivity index is 1.64. The van der Waals surface area contributed by atoms with Gasteiger partial charge in [0.05, 0.1) is 5.70 Å². The Morgan fingerprint density at radius 2 is 1.65 bits per heavy atom. The molecule has 0 saturated heterocycles. The average molecular weight is 447 g/mol. The van der Waals surface area contributed by atoms with E-state index < -0.39 is 0 Å². The molecule has 0 unspecified atom stereocenters. The van der Waals surface area contributed by atoms with Crippen molar-refractivity contribution in [3.05, 3.63) is 111 Å². The molecule has 0 bridgehead atoms. The second kappa shape index (κ2) is 7.15. The van der Waals surface area contributed by atoms with Gasteiger partial charge in [-0.3, -0.25) is 0 Å². The summed E-state index contributed by atoms with van der Waals surface area (Å²) < 4.78 is 8.46. The van der Waals surface area contributed by atoms with Gasteiger partial charge in [0, 0.05) is 21.2 Å². The second-order valence-electron chi connectivity index (χ2n) is 7.49. The molecule has 0 fully saturated rings. The van der Waals surface area contributed by atoms with Crippen molar-refractivity contribution < 1.29 is 4.74 Å². The van der Waals surface area contributed by atoms with Crippen LogP contribution in [-0.2, 0) is 0 Å². The molecule has 1 aromatic heterocycles. The maximum atomic E-state index is 6.56. The largest absolute Gasteiger partial charge is 0.480 e. The minimum absolute atomic E-state index is 0.192. The van der Waals surface area contributed by atoms with Crippen molar-refractivity contribution in [1.82, 2.24) is 14.8 Å². The molecule has 2 atom stereocenters. The van der Waals surface area contributed by atoms with Gasteiger partial charge in [-0.1, -0.05) is 65.7 Å². The van der Waals surface area contributed by atoms with Crippen molar-refractivity contribution in [3.8, 4) is 5.75 Å². The van der Waals surface area contributed by atoms with Gasteiger partial charge < -0.3 is 10.1 Å². The normalized spacial score (nSPS) is 19.0. The average Bonchev–Trinajstić information content (AvgIpc) is 3.27. The zero-order valence-electron chi connectivity index (χ0n) is 16.2. The smallest absolute Gasteiger partial charge is 0.226 e. The van der Waals surface area contributed by atoms with Crippen LogP contribution in [0.25, 0.3) is 5.70 Å². The van der Waals surface area contributed by atoms with E-state index in [0.29, 0.717) is 16.0 Å². The molecule has 3 aromatic carbocycles. The van der Waals surface area contributed by atoms with Crippen LogP contribution in [0.1, 0.15) is 28.8 Å². The summed E-state index contributed by atoms with van der Waals surface area (Å²) in [6, 6.07) is 23.5. The van der Waals surface area contributed by atoms with Gasteiger partial charge in [-0.05, 0) is 41.5 Å². The quantitative estimate of drug-likeness (QED) is 0.401. The van der Waals surface area contributed by atoms with Gasteiger partial charge in [-0.25, -0.2) is 4.68 Å². The minimum Gasteiger partial charge on any atom is -0.480 e. The van der Waals surface area contributed by atoms with Gasteiger partial charge in [-0.2, -0.15) is 10.1 Å². The molecule has 0 radical (unpaired) electrons. The number of anilines is 1. The summed E-state index contributed by atoms with van der Waals surface area (Å²) in [5.41, 5.74) is 4.99. The molecule has 152 valence electrons. The van der Waals surface area contributed by atoms with Gasteiger partial charge in [0.15, 0.2) is 0 Å². The van der Waals surface area contributed by atoms with Gasteiger partial charge in [0.25, 0.3) is 0 Å². The van der Waals surface area contributed by atoms with Crippen molar-refractivity contribution >= 4 is 34.8 Å². The van der Waals surface area contributed by atoms with Crippen molar-refractivity contribution in [1.29, 1.82) is 0 Å². The van der Waals surface area contributed by atoms with Crippen molar-refractivity contribution in [2.24, 2.45) is 0 Å². The molecule has 6 rings (SSSR count). The first-order chi connectivity index (χ1) is 15.2. The topological polar surface area (TPSA) is 52.0 Å². The van der Waals surface area contributed by atoms with Crippen LogP contribution >= 0.6 is 23.2 Å². The maximum absolute atomic E-state index is 6.56. The summed E-state index contributed by atoms with van der Waals surface area (Å²) in [5.74, 6) is 1.44. The second-order valence-corrected chi connectivity index (χ2v) is 8.36. The summed E-state index contributed by atoms with van der Waals surface area (Å²) in [4.78, 5) is 4.44. The first-order valence-corrected chi connectivity index (χ1v) is 10.6. The summed E-state index contributed by atoms with van der Waals surface area (Å²) in [7, 11) is 0. The molecule has 4 aromatic rings. The molecule has 0 amide bonds. The minimum atomic E-state index is -0.337. The highest BCUT2D eigenvalue weighted by Crippen LogP contribution is 2.51. The molecule has 2 aliphatic heterocycles. The SMILES string of the molecule is Clc1ccc([C@@H]2Oc3ccc(Cl)cc3C3=C2[C@@H](c2ccccc2)n2ncnc2N3)cc1. The van der Waals surface area contributed by atoms with Crippen molar-refractivity contribution in [3.63, 3.8) is 0 Å². The molecule has 7 heteroatoms. The number of benzene rings is 3. The van der Waals surface area contributed by atoms with Crippen LogP contribution < -0.4 is 10.1 Å². The number of hydrogen-bond donors (Lipinski definition) is 1. The van der Waals surface area contributed by atoms with E-state index >= 15 is 0 Å². The van der Waals surface area contributed by atoms with Crippen LogP contribution in [0.3, 0.4) is 0 Å². The third-order valence-electron chi connectivity index (χ3n) is 5.66. The van der Waals surface area contributed by atoms with Gasteiger partial charge in [-0.15, -0.1) is 0 Å². The van der Waals surface area contributed by atoms with E-state index in [1.54, 1.807) is 6.33 Å². The molecule has 5 nitrogen and oxygen atoms in total. The van der Waals surface area contributed by atoms with E-state index in [0.717, 1.165) is 33.7 Å². The Hall–Kier alpha value is -3.28. The maximum Gasteiger partial charge on any atom is 0.226 e. The highest BCUT2D eigenvalue weighted by molar-refractivity contribution is 6.31. The Morgan fingerprint density at radius 3 is 2.45 bits per heavy atom. The molecule has 0 spiro atoms. The standard InChI is InChI=1S/C24H16Cl2N4O/c25-16-8-6-15(7-9-16)23-20-21(18-12-17(26)10-11-19(18)31-23)29-24-27-13-28-30(24)22(20)14-4-2-1-3-5-14/h1-13,22-23H,(H,27,28,29)/t22-,23+/m1/s1. The van der Waals surface area contributed by atoms with Crippen LogP contribution in [0.15, 0.2) is 84.7 Å². The van der Waals surface area contributed by atoms with E-state index in [9.17, 15) is 0 Å². The number of rotatable bonds is 2. The molecule has 2 aliphatic rings. The van der Waals surface area contributed by atoms with Crippen LogP contribution in [0, 0.1) is 0 Å². The third-order valence-corrected chi connectivity index (χ3v) is 6.15. The lowest BCUT2D eigenvalue weighted by Gasteiger charge is -2.39. The van der Waals surface area contributed by atoms with Crippen LogP contribution in [-0.4, -0.2) is 14.8 Å². The van der Waals surface area contributed by atoms with Crippen LogP contribution in [0.5, 0.6) is 5.75 Å². The van der Waals surface area contributed by atoms with E-state index in [2.05, 4.69) is 27.5 Å². The molecule has 1 N–H and O–H groups in total. The summed E-state index contributed by atoms with van der Waals surface area (Å²) >= 11 is 12.5. The number of aromatic nitrogens is 3. The molecular formula is C24H16Cl2N4O. The van der Waals surface area contributed by atoms with E-state index in [-0.39, 0.29) is 12.1 Å². The number of ether oxygens (including phenoxy) is 1. The van der Waals surface area contributed by atoms with Gasteiger partial charge in [0.2, 0.25) is 5.95 Å². The number of fused-ring (bicyclic) bond motifs is 3. The zero-order chi connectivity index (χ0) is 20.9. The number of nitrogens with zero attached hydrogens (tertiary/aromatic N) is 3. The van der Waals surface area contributed by atoms with E-state index in [1.807, 2.05) is 65.3 Å². The molecular weight excluding hydrogens is 431 g/mol. The van der Waals surface area contributed by atoms with Gasteiger partial charge in [0.1, 0.15) is 24.2 Å². The molecule has 0 saturated carbocycles. The van der Waals surface area contributed by atoms with E-state index in [1.165, 1.54) is 0 Å². The Bertz CT molecular complexity index is 1320. The zero-order valence-corrected chi connectivity index (χ0v) is 17.7. The number of nitrogens with one attached hydrogen (secondary N) is 1. The van der Waals surface area contributed by atoms with E-state index in [4.69, 9.17) is 27.9 Å². The number of hydrogen-bond acceptors (Lipinski definition) is 4. The Morgan fingerprint density at radius 1 is 0.871 bits per heavy atom. The first-order valence-electron chi connectivity index (χ1n) is 9.86. The lowest BCUT2D eigenvalue weighted by Crippen LogP contribution is -2.32. The number of halogens is 2. The van der Waals surface area contributed by atoms with Crippen molar-refractivity contribution in [2.45, 2.75) is 12.1 Å². The fraction of sp³-hybridized carbons (Fsp3) is 0.0833. The fourth-order valence-electron chi connectivity index (χ4n) is 4.31. The molecule has 0 aliphatic carbocycles. The Labute approximate surface area is 188 Å². The van der Waals surface area contributed by atoms with Crippen LogP contribution in [0.2, 0.25) is 10.0 Å². The summed E-state index contributed by atoms with van der Waals surface area (Å²) in [5, 5.41) is 9.33. The predicted octanol–water partition coefficient (Wildman–Crippen LogP) is 6.14. The fourth-order valence-corrected chi connectivity index (χ4v) is 4.61.